The van der Waals surface area contributed by atoms with Crippen molar-refractivity contribution in [3.05, 3.63) is 72.5 Å². The molecule has 0 bridgehead atoms. The molecule has 0 unspecified atom stereocenters. The van der Waals surface area contributed by atoms with E-state index in [1.165, 1.54) is 12.1 Å². The van der Waals surface area contributed by atoms with Crippen LogP contribution >= 0.6 is 0 Å². The lowest BCUT2D eigenvalue weighted by Gasteiger charge is -2.32. The van der Waals surface area contributed by atoms with Gasteiger partial charge in [-0.1, -0.05) is 5.16 Å². The number of piperidine rings is 1. The van der Waals surface area contributed by atoms with Gasteiger partial charge in [0.2, 0.25) is 0 Å². The maximum absolute atomic E-state index is 13.5. The smallest absolute Gasteiger partial charge is 0.133 e. The molecule has 8 heteroatoms. The molecule has 0 amide bonds. The maximum Gasteiger partial charge on any atom is 0.133 e. The lowest BCUT2D eigenvalue weighted by atomic mass is 10.0. The van der Waals surface area contributed by atoms with Crippen molar-refractivity contribution < 1.29 is 8.91 Å². The lowest BCUT2D eigenvalue weighted by molar-refractivity contribution is 0.176. The summed E-state index contributed by atoms with van der Waals surface area (Å²) in [6, 6.07) is 10.6. The van der Waals surface area contributed by atoms with Crippen LogP contribution in [0, 0.1) is 12.7 Å². The number of rotatable bonds is 5. The number of halogens is 1. The molecule has 0 saturated carbocycles. The molecule has 31 heavy (non-hydrogen) atoms. The van der Waals surface area contributed by atoms with Gasteiger partial charge in [0, 0.05) is 43.5 Å². The molecule has 5 rings (SSSR count). The molecule has 1 aliphatic rings. The van der Waals surface area contributed by atoms with Crippen LogP contribution in [0.1, 0.15) is 30.3 Å². The van der Waals surface area contributed by atoms with Gasteiger partial charge in [-0.15, -0.1) is 0 Å². The zero-order valence-corrected chi connectivity index (χ0v) is 17.3. The minimum Gasteiger partial charge on any atom is -0.361 e. The van der Waals surface area contributed by atoms with Crippen LogP contribution < -0.4 is 0 Å². The first kappa shape index (κ1) is 19.6. The molecular weight excluding hydrogens is 395 g/mol. The van der Waals surface area contributed by atoms with Crippen molar-refractivity contribution >= 4 is 0 Å². The van der Waals surface area contributed by atoms with E-state index in [-0.39, 0.29) is 5.82 Å². The number of likely N-dealkylation sites (tertiary alicyclic amines) is 1. The van der Waals surface area contributed by atoms with Crippen LogP contribution in [0.25, 0.3) is 22.6 Å². The fourth-order valence-corrected chi connectivity index (χ4v) is 4.22. The maximum atomic E-state index is 13.5. The molecule has 0 N–H and O–H groups in total. The van der Waals surface area contributed by atoms with E-state index in [2.05, 4.69) is 24.6 Å². The Morgan fingerprint density at radius 1 is 1.10 bits per heavy atom. The molecule has 158 valence electrons. The second-order valence-corrected chi connectivity index (χ2v) is 7.89. The van der Waals surface area contributed by atoms with Gasteiger partial charge in [0.1, 0.15) is 17.9 Å². The predicted octanol–water partition coefficient (Wildman–Crippen LogP) is 4.28. The topological polar surface area (TPSA) is 72.9 Å². The number of benzene rings is 1. The van der Waals surface area contributed by atoms with E-state index in [1.807, 2.05) is 25.4 Å². The summed E-state index contributed by atoms with van der Waals surface area (Å²) in [7, 11) is 0. The molecule has 4 aromatic rings. The monoisotopic (exact) mass is 418 g/mol. The van der Waals surface area contributed by atoms with Crippen molar-refractivity contribution in [2.24, 2.45) is 0 Å². The van der Waals surface area contributed by atoms with Crippen LogP contribution in [0.5, 0.6) is 0 Å². The van der Waals surface area contributed by atoms with Crippen LogP contribution in [0.2, 0.25) is 0 Å². The Labute approximate surface area is 179 Å². The third-order valence-corrected chi connectivity index (χ3v) is 5.75. The largest absolute Gasteiger partial charge is 0.361 e. The van der Waals surface area contributed by atoms with E-state index in [4.69, 9.17) is 9.51 Å². The van der Waals surface area contributed by atoms with Crippen LogP contribution in [0.3, 0.4) is 0 Å². The first-order chi connectivity index (χ1) is 15.2. The number of imidazole rings is 1. The van der Waals surface area contributed by atoms with Gasteiger partial charge >= 0.3 is 0 Å². The second kappa shape index (κ2) is 8.39. The average Bonchev–Trinajstić information content (AvgIpc) is 3.42. The Hall–Kier alpha value is -3.39. The Morgan fingerprint density at radius 3 is 2.58 bits per heavy atom. The standard InChI is InChI=1S/C23H23FN6O/c1-16-12-19(28-31-16)13-29-10-7-20(8-11-29)30-15-27-22(17-2-4-18(24)5-3-17)23(30)21-6-9-25-14-26-21/h2-6,9,12,14-15,20H,7-8,10-11,13H2,1H3. The van der Waals surface area contributed by atoms with Gasteiger partial charge in [-0.3, -0.25) is 4.90 Å². The van der Waals surface area contributed by atoms with E-state index in [0.29, 0.717) is 6.04 Å². The van der Waals surface area contributed by atoms with Crippen LogP contribution in [0.15, 0.2) is 59.8 Å². The molecular formula is C23H23FN6O. The highest BCUT2D eigenvalue weighted by atomic mass is 19.1. The Balaban J connectivity index is 1.41. The molecule has 1 aromatic carbocycles. The van der Waals surface area contributed by atoms with Gasteiger partial charge in [0.25, 0.3) is 0 Å². The van der Waals surface area contributed by atoms with E-state index >= 15 is 0 Å². The van der Waals surface area contributed by atoms with Crippen molar-refractivity contribution in [1.29, 1.82) is 0 Å². The zero-order valence-electron chi connectivity index (χ0n) is 17.3. The number of nitrogens with zero attached hydrogens (tertiary/aromatic N) is 6. The fourth-order valence-electron chi connectivity index (χ4n) is 4.22. The second-order valence-electron chi connectivity index (χ2n) is 7.89. The highest BCUT2D eigenvalue weighted by Gasteiger charge is 2.26. The molecule has 0 radical (unpaired) electrons. The summed E-state index contributed by atoms with van der Waals surface area (Å²) in [5, 5.41) is 4.11. The van der Waals surface area contributed by atoms with Crippen molar-refractivity contribution in [2.45, 2.75) is 32.4 Å². The molecule has 7 nitrogen and oxygen atoms in total. The van der Waals surface area contributed by atoms with E-state index < -0.39 is 0 Å². The Kier molecular flexibility index (Phi) is 5.30. The summed E-state index contributed by atoms with van der Waals surface area (Å²) in [5.74, 6) is 0.576. The van der Waals surface area contributed by atoms with Crippen molar-refractivity contribution in [3.63, 3.8) is 0 Å². The summed E-state index contributed by atoms with van der Waals surface area (Å²) >= 11 is 0. The summed E-state index contributed by atoms with van der Waals surface area (Å²) in [6.45, 7) is 4.64. The quantitative estimate of drug-likeness (QED) is 0.482. The molecule has 4 heterocycles. The minimum atomic E-state index is -0.263. The van der Waals surface area contributed by atoms with Gasteiger partial charge in [-0.2, -0.15) is 0 Å². The van der Waals surface area contributed by atoms with Crippen molar-refractivity contribution in [2.75, 3.05) is 13.1 Å². The molecule has 3 aromatic heterocycles. The summed E-state index contributed by atoms with van der Waals surface area (Å²) in [4.78, 5) is 15.6. The highest BCUT2D eigenvalue weighted by Crippen LogP contribution is 2.35. The van der Waals surface area contributed by atoms with Gasteiger partial charge in [0.05, 0.1) is 29.1 Å². The minimum absolute atomic E-state index is 0.263. The first-order valence-electron chi connectivity index (χ1n) is 10.4. The molecule has 0 aliphatic carbocycles. The van der Waals surface area contributed by atoms with Crippen LogP contribution in [-0.4, -0.2) is 42.7 Å². The molecule has 0 atom stereocenters. The average molecular weight is 418 g/mol. The van der Waals surface area contributed by atoms with E-state index in [0.717, 1.165) is 66.6 Å². The SMILES string of the molecule is Cc1cc(CN2CCC(n3cnc(-c4ccc(F)cc4)c3-c3ccncn3)CC2)no1. The van der Waals surface area contributed by atoms with Crippen LogP contribution in [-0.2, 0) is 6.54 Å². The van der Waals surface area contributed by atoms with E-state index in [1.54, 1.807) is 24.7 Å². The molecule has 1 saturated heterocycles. The van der Waals surface area contributed by atoms with E-state index in [9.17, 15) is 4.39 Å². The lowest BCUT2D eigenvalue weighted by Crippen LogP contribution is -2.34. The van der Waals surface area contributed by atoms with Crippen LogP contribution in [0.4, 0.5) is 4.39 Å². The number of aromatic nitrogens is 5. The fraction of sp³-hybridized carbons (Fsp3) is 0.304. The normalized spacial score (nSPS) is 15.4. The van der Waals surface area contributed by atoms with Gasteiger partial charge in [-0.25, -0.2) is 19.3 Å². The molecule has 0 spiro atoms. The third kappa shape index (κ3) is 4.11. The summed E-state index contributed by atoms with van der Waals surface area (Å²) in [5.41, 5.74) is 4.40. The van der Waals surface area contributed by atoms with Crippen molar-refractivity contribution in [3.8, 4) is 22.6 Å². The number of hydrogen-bond donors (Lipinski definition) is 0. The number of hydrogen-bond acceptors (Lipinski definition) is 6. The Morgan fingerprint density at radius 2 is 1.90 bits per heavy atom. The molecule has 1 aliphatic heterocycles. The first-order valence-corrected chi connectivity index (χ1v) is 10.4. The third-order valence-electron chi connectivity index (χ3n) is 5.75. The zero-order chi connectivity index (χ0) is 21.2. The number of aryl methyl sites for hydroxylation is 1. The van der Waals surface area contributed by atoms with Gasteiger partial charge in [0.15, 0.2) is 0 Å². The predicted molar refractivity (Wildman–Crippen MR) is 113 cm³/mol. The van der Waals surface area contributed by atoms with Gasteiger partial charge in [-0.05, 0) is 50.1 Å². The van der Waals surface area contributed by atoms with Gasteiger partial charge < -0.3 is 9.09 Å². The summed E-state index contributed by atoms with van der Waals surface area (Å²) in [6.07, 6.45) is 7.15. The van der Waals surface area contributed by atoms with Crippen molar-refractivity contribution in [1.82, 2.24) is 29.6 Å². The highest BCUT2D eigenvalue weighted by molar-refractivity contribution is 5.76. The molecule has 1 fully saturated rings. The summed E-state index contributed by atoms with van der Waals surface area (Å²) < 4.78 is 20.9. The Bertz CT molecular complexity index is 1150.